The van der Waals surface area contributed by atoms with Crippen LogP contribution in [0.2, 0.25) is 0 Å². The molecule has 0 atom stereocenters. The van der Waals surface area contributed by atoms with Crippen LogP contribution in [0.25, 0.3) is 5.57 Å². The van der Waals surface area contributed by atoms with Crippen LogP contribution in [0.1, 0.15) is 51.5 Å². The topological polar surface area (TPSA) is 17.1 Å². The SMILES string of the molecule is CCCCCCC(=C(C)C=O)c1ccccc1. The number of aldehydes is 1. The molecule has 0 aliphatic rings. The van der Waals surface area contributed by atoms with Gasteiger partial charge >= 0.3 is 0 Å². The number of allylic oxidation sites excluding steroid dienone is 2. The van der Waals surface area contributed by atoms with Crippen molar-refractivity contribution < 1.29 is 4.79 Å². The number of rotatable bonds is 7. The number of hydrogen-bond donors (Lipinski definition) is 0. The predicted octanol–water partition coefficient (Wildman–Crippen LogP) is 4.63. The summed E-state index contributed by atoms with van der Waals surface area (Å²) in [5, 5.41) is 0. The molecule has 1 heteroatoms. The van der Waals surface area contributed by atoms with Crippen molar-refractivity contribution in [3.63, 3.8) is 0 Å². The smallest absolute Gasteiger partial charge is 0.146 e. The molecule has 0 bridgehead atoms. The summed E-state index contributed by atoms with van der Waals surface area (Å²) in [6, 6.07) is 10.2. The minimum absolute atomic E-state index is 0.868. The summed E-state index contributed by atoms with van der Waals surface area (Å²) in [6.45, 7) is 4.12. The van der Waals surface area contributed by atoms with Gasteiger partial charge in [-0.05, 0) is 36.5 Å². The second kappa shape index (κ2) is 7.83. The molecule has 1 rings (SSSR count). The molecule has 0 aliphatic carbocycles. The van der Waals surface area contributed by atoms with Crippen LogP contribution < -0.4 is 0 Å². The van der Waals surface area contributed by atoms with Crippen LogP contribution in [-0.4, -0.2) is 6.29 Å². The first-order chi connectivity index (χ1) is 8.29. The van der Waals surface area contributed by atoms with Crippen molar-refractivity contribution >= 4 is 11.9 Å². The van der Waals surface area contributed by atoms with Gasteiger partial charge in [0.25, 0.3) is 0 Å². The zero-order chi connectivity index (χ0) is 12.5. The fourth-order valence-electron chi connectivity index (χ4n) is 2.01. The highest BCUT2D eigenvalue weighted by Crippen LogP contribution is 2.24. The number of benzene rings is 1. The van der Waals surface area contributed by atoms with Gasteiger partial charge in [-0.15, -0.1) is 0 Å². The maximum absolute atomic E-state index is 11.0. The molecule has 0 N–H and O–H groups in total. The van der Waals surface area contributed by atoms with E-state index in [1.54, 1.807) is 0 Å². The van der Waals surface area contributed by atoms with Gasteiger partial charge in [0.15, 0.2) is 0 Å². The molecule has 0 heterocycles. The Morgan fingerprint density at radius 1 is 1.12 bits per heavy atom. The van der Waals surface area contributed by atoms with E-state index < -0.39 is 0 Å². The molecular formula is C16H22O. The molecule has 92 valence electrons. The van der Waals surface area contributed by atoms with Crippen molar-refractivity contribution in [2.75, 3.05) is 0 Å². The summed E-state index contributed by atoms with van der Waals surface area (Å²) >= 11 is 0. The molecule has 1 aromatic carbocycles. The molecule has 1 nitrogen and oxygen atoms in total. The lowest BCUT2D eigenvalue weighted by Gasteiger charge is -2.09. The van der Waals surface area contributed by atoms with Crippen LogP contribution in [0.4, 0.5) is 0 Å². The van der Waals surface area contributed by atoms with Gasteiger partial charge in [-0.1, -0.05) is 56.5 Å². The van der Waals surface area contributed by atoms with Crippen LogP contribution in [0.3, 0.4) is 0 Å². The largest absolute Gasteiger partial charge is 0.298 e. The fourth-order valence-corrected chi connectivity index (χ4v) is 2.01. The van der Waals surface area contributed by atoms with Gasteiger partial charge in [-0.3, -0.25) is 4.79 Å². The standard InChI is InChI=1S/C16H22O/c1-3-4-5-9-12-16(14(2)13-17)15-10-7-6-8-11-15/h6-8,10-11,13H,3-5,9,12H2,1-2H3. The van der Waals surface area contributed by atoms with Crippen LogP contribution in [0.15, 0.2) is 35.9 Å². The lowest BCUT2D eigenvalue weighted by Crippen LogP contribution is -1.91. The Morgan fingerprint density at radius 3 is 2.41 bits per heavy atom. The molecular weight excluding hydrogens is 208 g/mol. The lowest BCUT2D eigenvalue weighted by molar-refractivity contribution is -0.104. The molecule has 0 aromatic heterocycles. The van der Waals surface area contributed by atoms with E-state index in [0.717, 1.165) is 18.3 Å². The number of carbonyl (C=O) groups excluding carboxylic acids is 1. The third-order valence-corrected chi connectivity index (χ3v) is 3.06. The third-order valence-electron chi connectivity index (χ3n) is 3.06. The Kier molecular flexibility index (Phi) is 6.31. The highest BCUT2D eigenvalue weighted by molar-refractivity contribution is 5.87. The van der Waals surface area contributed by atoms with Crippen molar-refractivity contribution in [3.8, 4) is 0 Å². The van der Waals surface area contributed by atoms with E-state index in [1.165, 1.54) is 36.8 Å². The summed E-state index contributed by atoms with van der Waals surface area (Å²) in [5.41, 5.74) is 3.26. The molecule has 0 radical (unpaired) electrons. The van der Waals surface area contributed by atoms with Crippen molar-refractivity contribution in [1.82, 2.24) is 0 Å². The van der Waals surface area contributed by atoms with E-state index in [1.807, 2.05) is 25.1 Å². The van der Waals surface area contributed by atoms with Gasteiger partial charge in [-0.2, -0.15) is 0 Å². The second-order valence-electron chi connectivity index (χ2n) is 4.46. The predicted molar refractivity (Wildman–Crippen MR) is 73.9 cm³/mol. The zero-order valence-corrected chi connectivity index (χ0v) is 10.9. The van der Waals surface area contributed by atoms with Gasteiger partial charge in [0.2, 0.25) is 0 Å². The Labute approximate surface area is 105 Å². The monoisotopic (exact) mass is 230 g/mol. The zero-order valence-electron chi connectivity index (χ0n) is 10.9. The Bertz CT molecular complexity index is 362. The van der Waals surface area contributed by atoms with E-state index in [0.29, 0.717) is 0 Å². The summed E-state index contributed by atoms with van der Waals surface area (Å²) in [5.74, 6) is 0. The van der Waals surface area contributed by atoms with E-state index in [4.69, 9.17) is 0 Å². The van der Waals surface area contributed by atoms with Crippen LogP contribution in [0, 0.1) is 0 Å². The summed E-state index contributed by atoms with van der Waals surface area (Å²) in [6.07, 6.45) is 6.93. The van der Waals surface area contributed by atoms with Crippen molar-refractivity contribution in [3.05, 3.63) is 41.5 Å². The quantitative estimate of drug-likeness (QED) is 0.379. The first kappa shape index (κ1) is 13.7. The lowest BCUT2D eigenvalue weighted by atomic mass is 9.95. The molecule has 0 spiro atoms. The van der Waals surface area contributed by atoms with Crippen LogP contribution in [0.5, 0.6) is 0 Å². The van der Waals surface area contributed by atoms with Crippen LogP contribution in [-0.2, 0) is 4.79 Å². The number of hydrogen-bond acceptors (Lipinski definition) is 1. The molecule has 0 amide bonds. The average Bonchev–Trinajstić information content (AvgIpc) is 2.39. The average molecular weight is 230 g/mol. The van der Waals surface area contributed by atoms with Gasteiger partial charge in [-0.25, -0.2) is 0 Å². The highest BCUT2D eigenvalue weighted by atomic mass is 16.1. The van der Waals surface area contributed by atoms with Gasteiger partial charge in [0.05, 0.1) is 0 Å². The van der Waals surface area contributed by atoms with E-state index >= 15 is 0 Å². The van der Waals surface area contributed by atoms with Crippen LogP contribution >= 0.6 is 0 Å². The molecule has 17 heavy (non-hydrogen) atoms. The van der Waals surface area contributed by atoms with E-state index in [2.05, 4.69) is 19.1 Å². The number of unbranched alkanes of at least 4 members (excludes halogenated alkanes) is 3. The summed E-state index contributed by atoms with van der Waals surface area (Å²) in [4.78, 5) is 11.0. The van der Waals surface area contributed by atoms with Gasteiger partial charge in [0.1, 0.15) is 6.29 Å². The third kappa shape index (κ3) is 4.56. The maximum atomic E-state index is 11.0. The Morgan fingerprint density at radius 2 is 1.82 bits per heavy atom. The second-order valence-corrected chi connectivity index (χ2v) is 4.46. The van der Waals surface area contributed by atoms with Gasteiger partial charge in [0, 0.05) is 0 Å². The number of carbonyl (C=O) groups is 1. The molecule has 1 aromatic rings. The van der Waals surface area contributed by atoms with E-state index in [-0.39, 0.29) is 0 Å². The Hall–Kier alpha value is -1.37. The van der Waals surface area contributed by atoms with Gasteiger partial charge < -0.3 is 0 Å². The minimum Gasteiger partial charge on any atom is -0.298 e. The molecule has 0 saturated carbocycles. The first-order valence-corrected chi connectivity index (χ1v) is 6.50. The van der Waals surface area contributed by atoms with Crippen molar-refractivity contribution in [2.24, 2.45) is 0 Å². The van der Waals surface area contributed by atoms with Crippen molar-refractivity contribution in [1.29, 1.82) is 0 Å². The highest BCUT2D eigenvalue weighted by Gasteiger charge is 2.05. The molecule has 0 unspecified atom stereocenters. The van der Waals surface area contributed by atoms with E-state index in [9.17, 15) is 4.79 Å². The summed E-state index contributed by atoms with van der Waals surface area (Å²) in [7, 11) is 0. The first-order valence-electron chi connectivity index (χ1n) is 6.50. The molecule has 0 saturated heterocycles. The fraction of sp³-hybridized carbons (Fsp3) is 0.438. The minimum atomic E-state index is 0.868. The molecule has 0 fully saturated rings. The van der Waals surface area contributed by atoms with Crippen molar-refractivity contribution in [2.45, 2.75) is 46.0 Å². The molecule has 0 aliphatic heterocycles. The maximum Gasteiger partial charge on any atom is 0.146 e. The summed E-state index contributed by atoms with van der Waals surface area (Å²) < 4.78 is 0. The Balaban J connectivity index is 2.73. The normalized spacial score (nSPS) is 12.1.